The molecule has 14 heavy (non-hydrogen) atoms. The molecular weight excluding hydrogens is 200 g/mol. The summed E-state index contributed by atoms with van der Waals surface area (Å²) in [4.78, 5) is 15.4. The lowest BCUT2D eigenvalue weighted by Crippen LogP contribution is -2.51. The standard InChI is InChI=1S/C9H14N2O2S/c1-6(12)9(2,3)11-8(13)7-4-14-5-10-7/h4-6,12H,1-3H3,(H,11,13). The molecule has 0 bridgehead atoms. The van der Waals surface area contributed by atoms with E-state index in [4.69, 9.17) is 0 Å². The molecule has 0 radical (unpaired) electrons. The van der Waals surface area contributed by atoms with Crippen molar-refractivity contribution >= 4 is 17.2 Å². The number of aromatic nitrogens is 1. The van der Waals surface area contributed by atoms with Crippen LogP contribution in [0.4, 0.5) is 0 Å². The third-order valence-corrected chi connectivity index (χ3v) is 2.73. The highest BCUT2D eigenvalue weighted by Gasteiger charge is 2.26. The second kappa shape index (κ2) is 4.06. The van der Waals surface area contributed by atoms with Crippen LogP contribution in [0.1, 0.15) is 31.3 Å². The van der Waals surface area contributed by atoms with Crippen LogP contribution in [0.2, 0.25) is 0 Å². The molecule has 0 aliphatic carbocycles. The van der Waals surface area contributed by atoms with Gasteiger partial charge in [-0.05, 0) is 20.8 Å². The number of aliphatic hydroxyl groups excluding tert-OH is 1. The molecule has 2 N–H and O–H groups in total. The van der Waals surface area contributed by atoms with E-state index in [2.05, 4.69) is 10.3 Å². The van der Waals surface area contributed by atoms with Gasteiger partial charge in [0.25, 0.3) is 5.91 Å². The molecule has 1 aromatic rings. The fraction of sp³-hybridized carbons (Fsp3) is 0.556. The zero-order valence-corrected chi connectivity index (χ0v) is 9.26. The van der Waals surface area contributed by atoms with Crippen LogP contribution in [-0.2, 0) is 0 Å². The molecule has 0 aliphatic heterocycles. The van der Waals surface area contributed by atoms with Gasteiger partial charge in [0.05, 0.1) is 17.2 Å². The van der Waals surface area contributed by atoms with Crippen molar-refractivity contribution in [2.75, 3.05) is 0 Å². The van der Waals surface area contributed by atoms with Crippen LogP contribution in [0.15, 0.2) is 10.9 Å². The van der Waals surface area contributed by atoms with Crippen LogP contribution in [0.3, 0.4) is 0 Å². The molecule has 0 saturated carbocycles. The molecule has 1 aromatic heterocycles. The van der Waals surface area contributed by atoms with Crippen LogP contribution in [0, 0.1) is 0 Å². The predicted octanol–water partition coefficient (Wildman–Crippen LogP) is 1.03. The van der Waals surface area contributed by atoms with E-state index in [1.54, 1.807) is 31.7 Å². The van der Waals surface area contributed by atoms with E-state index in [0.29, 0.717) is 5.69 Å². The van der Waals surface area contributed by atoms with Crippen LogP contribution in [0.25, 0.3) is 0 Å². The third-order valence-electron chi connectivity index (χ3n) is 2.15. The summed E-state index contributed by atoms with van der Waals surface area (Å²) in [5.41, 5.74) is 1.36. The molecule has 0 spiro atoms. The first-order valence-electron chi connectivity index (χ1n) is 4.32. The summed E-state index contributed by atoms with van der Waals surface area (Å²) < 4.78 is 0. The molecule has 5 heteroatoms. The molecule has 1 atom stereocenters. The average molecular weight is 214 g/mol. The largest absolute Gasteiger partial charge is 0.391 e. The van der Waals surface area contributed by atoms with Crippen molar-refractivity contribution in [2.24, 2.45) is 0 Å². The van der Waals surface area contributed by atoms with E-state index < -0.39 is 11.6 Å². The number of aliphatic hydroxyl groups is 1. The van der Waals surface area contributed by atoms with Crippen LogP contribution in [0.5, 0.6) is 0 Å². The second-order valence-corrected chi connectivity index (χ2v) is 4.44. The number of carbonyl (C=O) groups is 1. The van der Waals surface area contributed by atoms with Crippen molar-refractivity contribution in [1.82, 2.24) is 10.3 Å². The van der Waals surface area contributed by atoms with Gasteiger partial charge in [-0.25, -0.2) is 4.98 Å². The number of amides is 1. The number of nitrogens with zero attached hydrogens (tertiary/aromatic N) is 1. The summed E-state index contributed by atoms with van der Waals surface area (Å²) in [6, 6.07) is 0. The second-order valence-electron chi connectivity index (χ2n) is 3.73. The number of rotatable bonds is 3. The van der Waals surface area contributed by atoms with Gasteiger partial charge < -0.3 is 10.4 Å². The fourth-order valence-corrected chi connectivity index (χ4v) is 1.32. The van der Waals surface area contributed by atoms with Gasteiger partial charge >= 0.3 is 0 Å². The number of hydrogen-bond donors (Lipinski definition) is 2. The number of hydrogen-bond acceptors (Lipinski definition) is 4. The highest BCUT2D eigenvalue weighted by Crippen LogP contribution is 2.10. The molecular formula is C9H14N2O2S. The van der Waals surface area contributed by atoms with Crippen molar-refractivity contribution in [1.29, 1.82) is 0 Å². The number of thiazole rings is 1. The van der Waals surface area contributed by atoms with Crippen molar-refractivity contribution in [3.05, 3.63) is 16.6 Å². The Hall–Kier alpha value is -0.940. The topological polar surface area (TPSA) is 62.2 Å². The highest BCUT2D eigenvalue weighted by atomic mass is 32.1. The van der Waals surface area contributed by atoms with Crippen LogP contribution < -0.4 is 5.32 Å². The first kappa shape index (κ1) is 11.1. The van der Waals surface area contributed by atoms with E-state index >= 15 is 0 Å². The molecule has 4 nitrogen and oxygen atoms in total. The molecule has 1 rings (SSSR count). The molecule has 1 unspecified atom stereocenters. The Morgan fingerprint density at radius 3 is 2.79 bits per heavy atom. The van der Waals surface area contributed by atoms with Gasteiger partial charge in [-0.3, -0.25) is 4.79 Å². The quantitative estimate of drug-likeness (QED) is 0.790. The van der Waals surface area contributed by atoms with Crippen LogP contribution in [-0.4, -0.2) is 27.6 Å². The van der Waals surface area contributed by atoms with E-state index in [9.17, 15) is 9.90 Å². The zero-order chi connectivity index (χ0) is 10.8. The minimum atomic E-state index is -0.638. The Bertz CT molecular complexity index is 307. The van der Waals surface area contributed by atoms with Gasteiger partial charge in [0, 0.05) is 5.38 Å². The van der Waals surface area contributed by atoms with E-state index in [1.807, 2.05) is 0 Å². The van der Waals surface area contributed by atoms with E-state index in [0.717, 1.165) is 0 Å². The van der Waals surface area contributed by atoms with Crippen LogP contribution >= 0.6 is 11.3 Å². The molecule has 0 saturated heterocycles. The average Bonchev–Trinajstić information content (AvgIpc) is 2.54. The molecule has 1 amide bonds. The first-order valence-corrected chi connectivity index (χ1v) is 5.26. The maximum atomic E-state index is 11.5. The normalized spacial score (nSPS) is 13.7. The van der Waals surface area contributed by atoms with Gasteiger partial charge in [0.2, 0.25) is 0 Å². The fourth-order valence-electron chi connectivity index (χ4n) is 0.786. The van der Waals surface area contributed by atoms with E-state index in [1.165, 1.54) is 11.3 Å². The SMILES string of the molecule is CC(O)C(C)(C)NC(=O)c1cscn1. The van der Waals surface area contributed by atoms with Crippen molar-refractivity contribution in [3.8, 4) is 0 Å². The summed E-state index contributed by atoms with van der Waals surface area (Å²) in [7, 11) is 0. The minimum absolute atomic E-state index is 0.253. The molecule has 0 aromatic carbocycles. The molecule has 0 aliphatic rings. The Balaban J connectivity index is 2.66. The van der Waals surface area contributed by atoms with Gasteiger partial charge in [0.15, 0.2) is 0 Å². The van der Waals surface area contributed by atoms with Gasteiger partial charge in [-0.15, -0.1) is 11.3 Å². The highest BCUT2D eigenvalue weighted by molar-refractivity contribution is 7.07. The lowest BCUT2D eigenvalue weighted by molar-refractivity contribution is 0.0706. The number of carbonyl (C=O) groups excluding carboxylic acids is 1. The number of nitrogens with one attached hydrogen (secondary N) is 1. The summed E-state index contributed by atoms with van der Waals surface area (Å²) >= 11 is 1.37. The maximum absolute atomic E-state index is 11.5. The lowest BCUT2D eigenvalue weighted by Gasteiger charge is -2.28. The predicted molar refractivity (Wildman–Crippen MR) is 55.3 cm³/mol. The maximum Gasteiger partial charge on any atom is 0.271 e. The first-order chi connectivity index (χ1) is 6.43. The van der Waals surface area contributed by atoms with Gasteiger partial charge in [-0.1, -0.05) is 0 Å². The smallest absolute Gasteiger partial charge is 0.271 e. The summed E-state index contributed by atoms with van der Waals surface area (Å²) in [5.74, 6) is -0.253. The summed E-state index contributed by atoms with van der Waals surface area (Å²) in [6.45, 7) is 5.17. The zero-order valence-electron chi connectivity index (χ0n) is 8.44. The van der Waals surface area contributed by atoms with Gasteiger partial charge in [0.1, 0.15) is 5.69 Å². The van der Waals surface area contributed by atoms with Crippen molar-refractivity contribution < 1.29 is 9.90 Å². The Labute approximate surface area is 87.0 Å². The van der Waals surface area contributed by atoms with Gasteiger partial charge in [-0.2, -0.15) is 0 Å². The van der Waals surface area contributed by atoms with Crippen molar-refractivity contribution in [2.45, 2.75) is 32.4 Å². The molecule has 1 heterocycles. The van der Waals surface area contributed by atoms with E-state index in [-0.39, 0.29) is 5.91 Å². The Morgan fingerprint density at radius 2 is 2.36 bits per heavy atom. The minimum Gasteiger partial charge on any atom is -0.391 e. The Morgan fingerprint density at radius 1 is 1.71 bits per heavy atom. The molecule has 78 valence electrons. The monoisotopic (exact) mass is 214 g/mol. The van der Waals surface area contributed by atoms with Crippen molar-refractivity contribution in [3.63, 3.8) is 0 Å². The Kier molecular flexibility index (Phi) is 3.23. The third kappa shape index (κ3) is 2.52. The molecule has 0 fully saturated rings. The summed E-state index contributed by atoms with van der Waals surface area (Å²) in [6.07, 6.45) is -0.606. The lowest BCUT2D eigenvalue weighted by atomic mass is 9.99. The summed E-state index contributed by atoms with van der Waals surface area (Å²) in [5, 5.41) is 13.8.